The molecule has 0 saturated heterocycles. The van der Waals surface area contributed by atoms with Crippen molar-refractivity contribution >= 4 is 12.6 Å². The van der Waals surface area contributed by atoms with Gasteiger partial charge in [0.25, 0.3) is 0 Å². The lowest BCUT2D eigenvalue weighted by atomic mass is 10.1. The predicted molar refractivity (Wildman–Crippen MR) is 38.1 cm³/mol. The van der Waals surface area contributed by atoms with Gasteiger partial charge in [-0.25, -0.2) is 0 Å². The van der Waals surface area contributed by atoms with E-state index in [4.69, 9.17) is 10.8 Å². The van der Waals surface area contributed by atoms with Crippen molar-refractivity contribution < 1.29 is 5.11 Å². The highest BCUT2D eigenvalue weighted by Gasteiger charge is 2.07. The maximum absolute atomic E-state index is 8.48. The molecule has 0 aromatic carbocycles. The zero-order chi connectivity index (χ0) is 6.57. The summed E-state index contributed by atoms with van der Waals surface area (Å²) in [7, 11) is 0. The third-order valence-electron chi connectivity index (χ3n) is 1.23. The molecular formula is C5H13NOS. The number of aliphatic hydroxyl groups excluding tert-OH is 1. The molecule has 0 radical (unpaired) electrons. The molecule has 50 valence electrons. The SMILES string of the molecule is C[C@@H](CS)[C@@H](N)CO. The summed E-state index contributed by atoms with van der Waals surface area (Å²) in [5, 5.41) is 8.48. The fraction of sp³-hybridized carbons (Fsp3) is 1.00. The molecule has 0 aliphatic heterocycles. The van der Waals surface area contributed by atoms with E-state index in [9.17, 15) is 0 Å². The van der Waals surface area contributed by atoms with Crippen molar-refractivity contribution in [2.45, 2.75) is 13.0 Å². The van der Waals surface area contributed by atoms with Crippen molar-refractivity contribution in [2.75, 3.05) is 12.4 Å². The molecule has 3 N–H and O–H groups in total. The van der Waals surface area contributed by atoms with Crippen LogP contribution in [-0.4, -0.2) is 23.5 Å². The van der Waals surface area contributed by atoms with Gasteiger partial charge in [-0.15, -0.1) is 0 Å². The van der Waals surface area contributed by atoms with Crippen LogP contribution < -0.4 is 5.73 Å². The second-order valence-electron chi connectivity index (χ2n) is 2.01. The fourth-order valence-electron chi connectivity index (χ4n) is 0.315. The lowest BCUT2D eigenvalue weighted by Gasteiger charge is -2.13. The Labute approximate surface area is 55.5 Å². The van der Waals surface area contributed by atoms with E-state index in [0.29, 0.717) is 5.92 Å². The number of thiol groups is 1. The van der Waals surface area contributed by atoms with E-state index in [1.807, 2.05) is 6.92 Å². The van der Waals surface area contributed by atoms with Crippen LogP contribution in [0.4, 0.5) is 0 Å². The molecule has 0 aromatic rings. The summed E-state index contributed by atoms with van der Waals surface area (Å²) in [6, 6.07) is -0.104. The third-order valence-corrected chi connectivity index (χ3v) is 1.81. The van der Waals surface area contributed by atoms with Crippen LogP contribution >= 0.6 is 12.6 Å². The highest BCUT2D eigenvalue weighted by atomic mass is 32.1. The Bertz CT molecular complexity index is 52.4. The van der Waals surface area contributed by atoms with E-state index in [1.54, 1.807) is 0 Å². The summed E-state index contributed by atoms with van der Waals surface area (Å²) in [4.78, 5) is 0. The van der Waals surface area contributed by atoms with Gasteiger partial charge in [0.15, 0.2) is 0 Å². The van der Waals surface area contributed by atoms with Gasteiger partial charge in [-0.1, -0.05) is 6.92 Å². The molecule has 0 aromatic heterocycles. The highest BCUT2D eigenvalue weighted by Crippen LogP contribution is 2.00. The van der Waals surface area contributed by atoms with Crippen molar-refractivity contribution in [3.63, 3.8) is 0 Å². The molecule has 3 heteroatoms. The van der Waals surface area contributed by atoms with Crippen molar-refractivity contribution in [3.05, 3.63) is 0 Å². The maximum atomic E-state index is 8.48. The summed E-state index contributed by atoms with van der Waals surface area (Å²) < 4.78 is 0. The van der Waals surface area contributed by atoms with Crippen LogP contribution in [0.5, 0.6) is 0 Å². The molecule has 0 spiro atoms. The smallest absolute Gasteiger partial charge is 0.0585 e. The molecule has 8 heavy (non-hydrogen) atoms. The van der Waals surface area contributed by atoms with Crippen LogP contribution in [0.15, 0.2) is 0 Å². The van der Waals surface area contributed by atoms with Crippen LogP contribution in [0.1, 0.15) is 6.92 Å². The van der Waals surface area contributed by atoms with E-state index in [1.165, 1.54) is 0 Å². The monoisotopic (exact) mass is 135 g/mol. The van der Waals surface area contributed by atoms with E-state index in [2.05, 4.69) is 12.6 Å². The first-order valence-corrected chi connectivity index (χ1v) is 3.33. The normalized spacial score (nSPS) is 18.0. The molecule has 0 amide bonds. The van der Waals surface area contributed by atoms with Crippen LogP contribution in [0.2, 0.25) is 0 Å². The Morgan fingerprint density at radius 1 is 1.75 bits per heavy atom. The second-order valence-corrected chi connectivity index (χ2v) is 2.37. The van der Waals surface area contributed by atoms with Gasteiger partial charge in [0.1, 0.15) is 0 Å². The molecule has 0 rings (SSSR count). The standard InChI is InChI=1S/C5H13NOS/c1-4(3-8)5(6)2-7/h4-5,7-8H,2-3,6H2,1H3/t4-,5-/m0/s1. The third kappa shape index (κ3) is 2.55. The van der Waals surface area contributed by atoms with Gasteiger partial charge in [0.05, 0.1) is 6.61 Å². The van der Waals surface area contributed by atoms with E-state index < -0.39 is 0 Å². The first kappa shape index (κ1) is 8.27. The molecule has 0 heterocycles. The first-order chi connectivity index (χ1) is 3.72. The Hall–Kier alpha value is 0.270. The van der Waals surface area contributed by atoms with Crippen LogP contribution in [0, 0.1) is 5.92 Å². The Kier molecular flexibility index (Phi) is 4.32. The molecule has 0 aliphatic rings. The summed E-state index contributed by atoms with van der Waals surface area (Å²) in [6.45, 7) is 2.02. The lowest BCUT2D eigenvalue weighted by molar-refractivity contribution is 0.240. The van der Waals surface area contributed by atoms with Gasteiger partial charge in [-0.2, -0.15) is 12.6 Å². The van der Waals surface area contributed by atoms with Gasteiger partial charge in [-0.05, 0) is 11.7 Å². The van der Waals surface area contributed by atoms with Gasteiger partial charge < -0.3 is 10.8 Å². The lowest BCUT2D eigenvalue weighted by Crippen LogP contribution is -2.32. The van der Waals surface area contributed by atoms with E-state index >= 15 is 0 Å². The minimum atomic E-state index is -0.104. The number of rotatable bonds is 3. The van der Waals surface area contributed by atoms with Crippen molar-refractivity contribution in [3.8, 4) is 0 Å². The number of nitrogens with two attached hydrogens (primary N) is 1. The fourth-order valence-corrected chi connectivity index (χ4v) is 0.586. The summed E-state index contributed by atoms with van der Waals surface area (Å²) in [5.41, 5.74) is 5.43. The maximum Gasteiger partial charge on any atom is 0.0585 e. The second kappa shape index (κ2) is 4.18. The predicted octanol–water partition coefficient (Wildman–Crippen LogP) is -0.128. The Morgan fingerprint density at radius 3 is 2.38 bits per heavy atom. The van der Waals surface area contributed by atoms with Crippen molar-refractivity contribution in [1.82, 2.24) is 0 Å². The first-order valence-electron chi connectivity index (χ1n) is 2.69. The molecule has 0 saturated carbocycles. The number of aliphatic hydroxyl groups is 1. The minimum Gasteiger partial charge on any atom is -0.395 e. The van der Waals surface area contributed by atoms with Gasteiger partial charge in [-0.3, -0.25) is 0 Å². The average Bonchev–Trinajstić information content (AvgIpc) is 1.84. The molecule has 0 unspecified atom stereocenters. The highest BCUT2D eigenvalue weighted by molar-refractivity contribution is 7.80. The summed E-state index contributed by atoms with van der Waals surface area (Å²) >= 11 is 4.02. The van der Waals surface area contributed by atoms with E-state index in [0.717, 1.165) is 5.75 Å². The molecule has 2 atom stereocenters. The van der Waals surface area contributed by atoms with Crippen LogP contribution in [0.3, 0.4) is 0 Å². The molecule has 0 aliphatic carbocycles. The van der Waals surface area contributed by atoms with Gasteiger partial charge in [0, 0.05) is 6.04 Å². The topological polar surface area (TPSA) is 46.2 Å². The molecule has 2 nitrogen and oxygen atoms in total. The Balaban J connectivity index is 3.29. The van der Waals surface area contributed by atoms with Gasteiger partial charge >= 0.3 is 0 Å². The minimum absolute atomic E-state index is 0.0573. The number of hydrogen-bond donors (Lipinski definition) is 3. The number of hydrogen-bond acceptors (Lipinski definition) is 3. The van der Waals surface area contributed by atoms with E-state index in [-0.39, 0.29) is 12.6 Å². The molecule has 0 fully saturated rings. The van der Waals surface area contributed by atoms with Crippen LogP contribution in [0.25, 0.3) is 0 Å². The summed E-state index contributed by atoms with van der Waals surface area (Å²) in [5.74, 6) is 1.05. The zero-order valence-corrected chi connectivity index (χ0v) is 5.94. The summed E-state index contributed by atoms with van der Waals surface area (Å²) in [6.07, 6.45) is 0. The zero-order valence-electron chi connectivity index (χ0n) is 5.04. The quantitative estimate of drug-likeness (QED) is 0.472. The molecular weight excluding hydrogens is 122 g/mol. The van der Waals surface area contributed by atoms with Crippen molar-refractivity contribution in [2.24, 2.45) is 11.7 Å². The molecule has 0 bridgehead atoms. The van der Waals surface area contributed by atoms with Gasteiger partial charge in [0.2, 0.25) is 0 Å². The largest absolute Gasteiger partial charge is 0.395 e. The van der Waals surface area contributed by atoms with Crippen LogP contribution in [-0.2, 0) is 0 Å². The Morgan fingerprint density at radius 2 is 2.25 bits per heavy atom. The average molecular weight is 135 g/mol. The van der Waals surface area contributed by atoms with Crippen molar-refractivity contribution in [1.29, 1.82) is 0 Å².